The highest BCUT2D eigenvalue weighted by molar-refractivity contribution is 5.79. The van der Waals surface area contributed by atoms with Gasteiger partial charge in [0.2, 0.25) is 12.7 Å². The van der Waals surface area contributed by atoms with Crippen LogP contribution in [0.4, 0.5) is 0 Å². The van der Waals surface area contributed by atoms with Crippen LogP contribution >= 0.6 is 0 Å². The molecule has 3 aliphatic heterocycles. The third kappa shape index (κ3) is 3.01. The average Bonchev–Trinajstić information content (AvgIpc) is 2.82. The molecular formula is C17H22N2O4. The van der Waals surface area contributed by atoms with Crippen molar-refractivity contribution in [2.24, 2.45) is 5.92 Å². The minimum atomic E-state index is 0.177. The number of ether oxygens (including phenoxy) is 3. The highest BCUT2D eigenvalue weighted by Crippen LogP contribution is 2.32. The zero-order chi connectivity index (χ0) is 15.8. The van der Waals surface area contributed by atoms with Crippen molar-refractivity contribution in [1.82, 2.24) is 9.80 Å². The Morgan fingerprint density at radius 3 is 2.96 bits per heavy atom. The molecule has 0 N–H and O–H groups in total. The second kappa shape index (κ2) is 6.02. The molecule has 1 aromatic rings. The van der Waals surface area contributed by atoms with Crippen molar-refractivity contribution in [3.8, 4) is 11.5 Å². The normalized spacial score (nSPS) is 26.9. The molecule has 23 heavy (non-hydrogen) atoms. The molecule has 0 saturated carbocycles. The van der Waals surface area contributed by atoms with Crippen LogP contribution in [-0.2, 0) is 16.0 Å². The quantitative estimate of drug-likeness (QED) is 0.805. The van der Waals surface area contributed by atoms with Gasteiger partial charge in [0.25, 0.3) is 0 Å². The fourth-order valence-electron chi connectivity index (χ4n) is 3.59. The van der Waals surface area contributed by atoms with E-state index in [-0.39, 0.29) is 12.7 Å². The number of amides is 1. The van der Waals surface area contributed by atoms with Crippen LogP contribution in [0.1, 0.15) is 5.56 Å². The molecule has 0 radical (unpaired) electrons. The first kappa shape index (κ1) is 14.8. The van der Waals surface area contributed by atoms with Gasteiger partial charge in [-0.05, 0) is 24.7 Å². The van der Waals surface area contributed by atoms with Crippen LogP contribution in [0.15, 0.2) is 18.2 Å². The van der Waals surface area contributed by atoms with Crippen LogP contribution in [0.25, 0.3) is 0 Å². The maximum Gasteiger partial charge on any atom is 0.231 e. The lowest BCUT2D eigenvalue weighted by atomic mass is 10.1. The zero-order valence-electron chi connectivity index (χ0n) is 13.4. The van der Waals surface area contributed by atoms with Crippen molar-refractivity contribution in [3.63, 3.8) is 0 Å². The summed E-state index contributed by atoms with van der Waals surface area (Å²) in [5.41, 5.74) is 0.971. The summed E-state index contributed by atoms with van der Waals surface area (Å²) in [6.07, 6.45) is 0.403. The van der Waals surface area contributed by atoms with Crippen molar-refractivity contribution >= 4 is 5.91 Å². The second-order valence-corrected chi connectivity index (χ2v) is 6.66. The van der Waals surface area contributed by atoms with Gasteiger partial charge in [-0.2, -0.15) is 0 Å². The van der Waals surface area contributed by atoms with Crippen LogP contribution in [0.5, 0.6) is 11.5 Å². The fraction of sp³-hybridized carbons (Fsp3) is 0.588. The molecule has 2 saturated heterocycles. The number of rotatable bonds is 2. The Labute approximate surface area is 135 Å². The van der Waals surface area contributed by atoms with Gasteiger partial charge in [-0.1, -0.05) is 6.07 Å². The molecular weight excluding hydrogens is 296 g/mol. The first-order valence-electron chi connectivity index (χ1n) is 8.13. The molecule has 0 unspecified atom stereocenters. The molecule has 0 aliphatic carbocycles. The van der Waals surface area contributed by atoms with Crippen LogP contribution in [0.2, 0.25) is 0 Å². The summed E-state index contributed by atoms with van der Waals surface area (Å²) in [6, 6.07) is 6.03. The predicted molar refractivity (Wildman–Crippen MR) is 83.6 cm³/mol. The minimum Gasteiger partial charge on any atom is -0.454 e. The fourth-order valence-corrected chi connectivity index (χ4v) is 3.59. The summed E-state index contributed by atoms with van der Waals surface area (Å²) in [4.78, 5) is 17.1. The topological polar surface area (TPSA) is 51.2 Å². The Kier molecular flexibility index (Phi) is 3.87. The lowest BCUT2D eigenvalue weighted by Gasteiger charge is -2.29. The van der Waals surface area contributed by atoms with E-state index < -0.39 is 0 Å². The summed E-state index contributed by atoms with van der Waals surface area (Å²) in [5.74, 6) is 2.06. The molecule has 4 rings (SSSR count). The Hall–Kier alpha value is -1.79. The van der Waals surface area contributed by atoms with E-state index in [1.54, 1.807) is 0 Å². The monoisotopic (exact) mass is 318 g/mol. The van der Waals surface area contributed by atoms with E-state index in [0.29, 0.717) is 25.0 Å². The van der Waals surface area contributed by atoms with E-state index in [9.17, 15) is 4.79 Å². The van der Waals surface area contributed by atoms with Crippen LogP contribution in [-0.4, -0.2) is 68.4 Å². The van der Waals surface area contributed by atoms with Gasteiger partial charge in [-0.25, -0.2) is 0 Å². The first-order chi connectivity index (χ1) is 11.2. The number of hydrogen-bond acceptors (Lipinski definition) is 5. The number of carbonyl (C=O) groups is 1. The maximum atomic E-state index is 12.8. The Bertz CT molecular complexity index is 606. The van der Waals surface area contributed by atoms with Gasteiger partial charge in [0, 0.05) is 25.6 Å². The Balaban J connectivity index is 1.46. The number of likely N-dealkylation sites (N-methyl/N-ethyl adjacent to an activating group) is 1. The predicted octanol–water partition coefficient (Wildman–Crippen LogP) is 0.747. The molecule has 3 heterocycles. The molecule has 2 bridgehead atoms. The molecule has 124 valence electrons. The van der Waals surface area contributed by atoms with Gasteiger partial charge < -0.3 is 19.1 Å². The molecule has 1 amide bonds. The molecule has 6 nitrogen and oxygen atoms in total. The first-order valence-corrected chi connectivity index (χ1v) is 8.13. The molecule has 2 fully saturated rings. The van der Waals surface area contributed by atoms with E-state index in [1.165, 1.54) is 0 Å². The number of fused-ring (bicyclic) bond motifs is 4. The number of carbonyl (C=O) groups excluding carboxylic acids is 1. The van der Waals surface area contributed by atoms with E-state index in [0.717, 1.165) is 43.3 Å². The molecule has 2 atom stereocenters. The minimum absolute atomic E-state index is 0.177. The highest BCUT2D eigenvalue weighted by atomic mass is 16.7. The summed E-state index contributed by atoms with van der Waals surface area (Å²) in [7, 11) is 2.12. The second-order valence-electron chi connectivity index (χ2n) is 6.66. The van der Waals surface area contributed by atoms with Crippen molar-refractivity contribution in [2.75, 3.05) is 46.7 Å². The summed E-state index contributed by atoms with van der Waals surface area (Å²) in [5, 5.41) is 0. The molecule has 1 aromatic carbocycles. The van der Waals surface area contributed by atoms with Crippen LogP contribution in [0, 0.1) is 5.92 Å². The van der Waals surface area contributed by atoms with Gasteiger partial charge in [0.1, 0.15) is 0 Å². The molecule has 0 aromatic heterocycles. The van der Waals surface area contributed by atoms with Crippen LogP contribution < -0.4 is 9.47 Å². The van der Waals surface area contributed by atoms with Gasteiger partial charge >= 0.3 is 0 Å². The smallest absolute Gasteiger partial charge is 0.231 e. The van der Waals surface area contributed by atoms with Gasteiger partial charge in [0.05, 0.1) is 25.7 Å². The summed E-state index contributed by atoms with van der Waals surface area (Å²) < 4.78 is 16.4. The summed E-state index contributed by atoms with van der Waals surface area (Å²) in [6.45, 7) is 4.24. The number of benzene rings is 1. The molecule has 6 heteroatoms. The average molecular weight is 318 g/mol. The third-order valence-corrected chi connectivity index (χ3v) is 4.89. The zero-order valence-corrected chi connectivity index (χ0v) is 13.4. The van der Waals surface area contributed by atoms with E-state index in [1.807, 2.05) is 23.1 Å². The number of nitrogens with zero attached hydrogens (tertiary/aromatic N) is 2. The van der Waals surface area contributed by atoms with Crippen molar-refractivity contribution in [1.29, 1.82) is 0 Å². The lowest BCUT2D eigenvalue weighted by molar-refractivity contribution is -0.132. The SMILES string of the molecule is CN1C[C@H]2COC[C@@H]1CN(C(=O)Cc1ccc3c(c1)OCO3)C2. The molecule has 3 aliphatic rings. The van der Waals surface area contributed by atoms with Crippen LogP contribution in [0.3, 0.4) is 0 Å². The maximum absolute atomic E-state index is 12.8. The van der Waals surface area contributed by atoms with E-state index in [2.05, 4.69) is 11.9 Å². The Morgan fingerprint density at radius 2 is 2.04 bits per heavy atom. The van der Waals surface area contributed by atoms with Crippen molar-refractivity contribution < 1.29 is 19.0 Å². The third-order valence-electron chi connectivity index (χ3n) is 4.89. The van der Waals surface area contributed by atoms with Gasteiger partial charge in [0.15, 0.2) is 11.5 Å². The standard InChI is InChI=1S/C17H22N2O4/c1-18-6-13-7-19(8-14(18)10-21-9-13)17(20)5-12-2-3-15-16(4-12)23-11-22-15/h2-4,13-14H,5-11H2,1H3/t13-,14+/m1/s1. The lowest BCUT2D eigenvalue weighted by Crippen LogP contribution is -2.45. The van der Waals surface area contributed by atoms with E-state index in [4.69, 9.17) is 14.2 Å². The van der Waals surface area contributed by atoms with Crippen molar-refractivity contribution in [3.05, 3.63) is 23.8 Å². The highest BCUT2D eigenvalue weighted by Gasteiger charge is 2.33. The Morgan fingerprint density at radius 1 is 1.17 bits per heavy atom. The summed E-state index contributed by atoms with van der Waals surface area (Å²) >= 11 is 0. The van der Waals surface area contributed by atoms with Gasteiger partial charge in [-0.3, -0.25) is 9.69 Å². The molecule has 0 spiro atoms. The van der Waals surface area contributed by atoms with E-state index >= 15 is 0 Å². The van der Waals surface area contributed by atoms with Gasteiger partial charge in [-0.15, -0.1) is 0 Å². The van der Waals surface area contributed by atoms with Crippen molar-refractivity contribution in [2.45, 2.75) is 12.5 Å². The number of hydrogen-bond donors (Lipinski definition) is 0. The largest absolute Gasteiger partial charge is 0.454 e.